The molecule has 2 heterocycles. The molecular weight excluding hydrogens is 276 g/mol. The van der Waals surface area contributed by atoms with Crippen molar-refractivity contribution in [3.05, 3.63) is 24.4 Å². The molecule has 2 N–H and O–H groups in total. The summed E-state index contributed by atoms with van der Waals surface area (Å²) < 4.78 is 29.4. The van der Waals surface area contributed by atoms with Crippen LogP contribution in [0.5, 0.6) is 0 Å². The number of fused-ring (bicyclic) bond motifs is 1. The monoisotopic (exact) mass is 294 g/mol. The van der Waals surface area contributed by atoms with Crippen molar-refractivity contribution in [3.8, 4) is 0 Å². The van der Waals surface area contributed by atoms with Crippen LogP contribution in [0.3, 0.4) is 0 Å². The number of benzene rings is 1. The largest absolute Gasteiger partial charge is 0.317 e. The van der Waals surface area contributed by atoms with Crippen LogP contribution < -0.4 is 10.0 Å². The fourth-order valence-electron chi connectivity index (χ4n) is 2.66. The highest BCUT2D eigenvalue weighted by molar-refractivity contribution is 7.93. The van der Waals surface area contributed by atoms with E-state index in [1.54, 1.807) is 16.9 Å². The highest BCUT2D eigenvalue weighted by Crippen LogP contribution is 2.25. The van der Waals surface area contributed by atoms with Gasteiger partial charge in [0.05, 0.1) is 22.7 Å². The standard InChI is InChI=1S/C13H18N4O2S/c1-17-13-10(9-15-17)3-2-4-12(13)16-20(18,19)11-5-7-14-8-6-11/h2-4,9,11,14,16H,5-8H2,1H3. The molecule has 1 aliphatic rings. The number of para-hydroxylation sites is 1. The molecule has 20 heavy (non-hydrogen) atoms. The third-order valence-corrected chi connectivity index (χ3v) is 5.59. The van der Waals surface area contributed by atoms with Crippen LogP contribution in [0.2, 0.25) is 0 Å². The lowest BCUT2D eigenvalue weighted by Crippen LogP contribution is -2.38. The Labute approximate surface area is 118 Å². The highest BCUT2D eigenvalue weighted by Gasteiger charge is 2.27. The zero-order chi connectivity index (χ0) is 14.2. The van der Waals surface area contributed by atoms with Gasteiger partial charge in [-0.05, 0) is 32.0 Å². The van der Waals surface area contributed by atoms with Gasteiger partial charge in [-0.2, -0.15) is 5.10 Å². The minimum absolute atomic E-state index is 0.327. The maximum atomic E-state index is 12.5. The Morgan fingerprint density at radius 3 is 2.85 bits per heavy atom. The second-order valence-electron chi connectivity index (χ2n) is 5.11. The van der Waals surface area contributed by atoms with E-state index in [1.165, 1.54) is 0 Å². The lowest BCUT2D eigenvalue weighted by Gasteiger charge is -2.23. The second kappa shape index (κ2) is 5.06. The Kier molecular flexibility index (Phi) is 3.39. The summed E-state index contributed by atoms with van der Waals surface area (Å²) in [5, 5.41) is 7.95. The molecule has 1 saturated heterocycles. The maximum Gasteiger partial charge on any atom is 0.235 e. The average Bonchev–Trinajstić information content (AvgIpc) is 2.82. The number of nitrogens with one attached hydrogen (secondary N) is 2. The lowest BCUT2D eigenvalue weighted by atomic mass is 10.2. The summed E-state index contributed by atoms with van der Waals surface area (Å²) in [6.07, 6.45) is 3.03. The number of anilines is 1. The van der Waals surface area contributed by atoms with Gasteiger partial charge in [0.15, 0.2) is 0 Å². The summed E-state index contributed by atoms with van der Waals surface area (Å²) in [7, 11) is -1.54. The van der Waals surface area contributed by atoms with Crippen LogP contribution >= 0.6 is 0 Å². The molecule has 0 bridgehead atoms. The summed E-state index contributed by atoms with van der Waals surface area (Å²) in [6.45, 7) is 1.50. The molecule has 7 heteroatoms. The number of rotatable bonds is 3. The summed E-state index contributed by atoms with van der Waals surface area (Å²) in [5.41, 5.74) is 1.41. The predicted molar refractivity (Wildman–Crippen MR) is 79.1 cm³/mol. The number of hydrogen-bond donors (Lipinski definition) is 2. The molecule has 1 fully saturated rings. The van der Waals surface area contributed by atoms with Gasteiger partial charge in [-0.25, -0.2) is 8.42 Å². The van der Waals surface area contributed by atoms with Crippen molar-refractivity contribution < 1.29 is 8.42 Å². The van der Waals surface area contributed by atoms with Gasteiger partial charge in [-0.1, -0.05) is 12.1 Å². The first-order chi connectivity index (χ1) is 9.58. The van der Waals surface area contributed by atoms with Gasteiger partial charge in [-0.15, -0.1) is 0 Å². The van der Waals surface area contributed by atoms with E-state index in [0.717, 1.165) is 24.0 Å². The van der Waals surface area contributed by atoms with E-state index in [-0.39, 0.29) is 5.25 Å². The molecule has 0 aliphatic carbocycles. The molecule has 0 unspecified atom stereocenters. The van der Waals surface area contributed by atoms with Crippen LogP contribution in [0.15, 0.2) is 24.4 Å². The summed E-state index contributed by atoms with van der Waals surface area (Å²) in [5.74, 6) is 0. The van der Waals surface area contributed by atoms with E-state index in [0.29, 0.717) is 18.5 Å². The highest BCUT2D eigenvalue weighted by atomic mass is 32.2. The topological polar surface area (TPSA) is 76.0 Å². The molecule has 0 amide bonds. The van der Waals surface area contributed by atoms with Gasteiger partial charge < -0.3 is 5.32 Å². The van der Waals surface area contributed by atoms with E-state index >= 15 is 0 Å². The van der Waals surface area contributed by atoms with Crippen LogP contribution in [0.1, 0.15) is 12.8 Å². The third-order valence-electron chi connectivity index (χ3n) is 3.74. The number of piperidine rings is 1. The number of aryl methyl sites for hydroxylation is 1. The van der Waals surface area contributed by atoms with Crippen LogP contribution in [-0.2, 0) is 17.1 Å². The normalized spacial score (nSPS) is 17.4. The molecule has 0 atom stereocenters. The fraction of sp³-hybridized carbons (Fsp3) is 0.462. The minimum atomic E-state index is -3.35. The van der Waals surface area contributed by atoms with E-state index in [1.807, 2.05) is 19.2 Å². The molecule has 2 aromatic rings. The third kappa shape index (κ3) is 2.38. The van der Waals surface area contributed by atoms with Crippen molar-refractivity contribution in [3.63, 3.8) is 0 Å². The van der Waals surface area contributed by atoms with Crippen molar-refractivity contribution in [1.82, 2.24) is 15.1 Å². The first-order valence-electron chi connectivity index (χ1n) is 6.71. The summed E-state index contributed by atoms with van der Waals surface area (Å²) >= 11 is 0. The van der Waals surface area contributed by atoms with Crippen molar-refractivity contribution in [2.24, 2.45) is 7.05 Å². The molecular formula is C13H18N4O2S. The Balaban J connectivity index is 1.94. The van der Waals surface area contributed by atoms with Crippen LogP contribution in [-0.4, -0.2) is 36.5 Å². The van der Waals surface area contributed by atoms with Gasteiger partial charge in [0, 0.05) is 12.4 Å². The van der Waals surface area contributed by atoms with E-state index in [9.17, 15) is 8.42 Å². The Bertz CT molecular complexity index is 717. The zero-order valence-electron chi connectivity index (χ0n) is 11.3. The number of sulfonamides is 1. The van der Waals surface area contributed by atoms with Gasteiger partial charge in [-0.3, -0.25) is 9.40 Å². The number of hydrogen-bond acceptors (Lipinski definition) is 4. The average molecular weight is 294 g/mol. The van der Waals surface area contributed by atoms with Crippen molar-refractivity contribution >= 4 is 26.6 Å². The van der Waals surface area contributed by atoms with Crippen LogP contribution in [0.25, 0.3) is 10.9 Å². The zero-order valence-corrected chi connectivity index (χ0v) is 12.2. The Morgan fingerprint density at radius 2 is 2.10 bits per heavy atom. The first-order valence-corrected chi connectivity index (χ1v) is 8.25. The molecule has 6 nitrogen and oxygen atoms in total. The molecule has 0 saturated carbocycles. The molecule has 3 rings (SSSR count). The van der Waals surface area contributed by atoms with E-state index in [2.05, 4.69) is 15.1 Å². The number of aromatic nitrogens is 2. The quantitative estimate of drug-likeness (QED) is 0.888. The summed E-state index contributed by atoms with van der Waals surface area (Å²) in [6, 6.07) is 5.54. The van der Waals surface area contributed by atoms with E-state index in [4.69, 9.17) is 0 Å². The molecule has 1 aromatic heterocycles. The SMILES string of the molecule is Cn1ncc2cccc(NS(=O)(=O)C3CCNCC3)c21. The second-order valence-corrected chi connectivity index (χ2v) is 7.07. The van der Waals surface area contributed by atoms with Crippen LogP contribution in [0, 0.1) is 0 Å². The molecule has 0 radical (unpaired) electrons. The molecule has 108 valence electrons. The van der Waals surface area contributed by atoms with Gasteiger partial charge >= 0.3 is 0 Å². The lowest BCUT2D eigenvalue weighted by molar-refractivity contribution is 0.499. The predicted octanol–water partition coefficient (Wildman–Crippen LogP) is 1.07. The Hall–Kier alpha value is -1.60. The Morgan fingerprint density at radius 1 is 1.35 bits per heavy atom. The van der Waals surface area contributed by atoms with Crippen molar-refractivity contribution in [2.45, 2.75) is 18.1 Å². The molecule has 0 spiro atoms. The van der Waals surface area contributed by atoms with Gasteiger partial charge in [0.25, 0.3) is 0 Å². The first kappa shape index (κ1) is 13.4. The number of nitrogens with zero attached hydrogens (tertiary/aromatic N) is 2. The van der Waals surface area contributed by atoms with Crippen molar-refractivity contribution in [1.29, 1.82) is 0 Å². The van der Waals surface area contributed by atoms with Gasteiger partial charge in [0.1, 0.15) is 0 Å². The fourth-order valence-corrected chi connectivity index (χ4v) is 4.15. The van der Waals surface area contributed by atoms with Gasteiger partial charge in [0.2, 0.25) is 10.0 Å². The van der Waals surface area contributed by atoms with Crippen LogP contribution in [0.4, 0.5) is 5.69 Å². The summed E-state index contributed by atoms with van der Waals surface area (Å²) in [4.78, 5) is 0. The minimum Gasteiger partial charge on any atom is -0.317 e. The van der Waals surface area contributed by atoms with E-state index < -0.39 is 10.0 Å². The molecule has 1 aromatic carbocycles. The maximum absolute atomic E-state index is 12.5. The molecule has 1 aliphatic heterocycles. The van der Waals surface area contributed by atoms with Crippen molar-refractivity contribution in [2.75, 3.05) is 17.8 Å². The smallest absolute Gasteiger partial charge is 0.235 e.